The summed E-state index contributed by atoms with van der Waals surface area (Å²) < 4.78 is 34.0. The predicted octanol–water partition coefficient (Wildman–Crippen LogP) is 1.15. The maximum absolute atomic E-state index is 12.9. The lowest BCUT2D eigenvalue weighted by atomic mass is 10.2. The van der Waals surface area contributed by atoms with Crippen molar-refractivity contribution in [3.8, 4) is 5.75 Å². The monoisotopic (exact) mass is 429 g/mol. The largest absolute Gasteiger partial charge is 0.494 e. The van der Waals surface area contributed by atoms with Gasteiger partial charge in [-0.3, -0.25) is 9.69 Å². The van der Waals surface area contributed by atoms with E-state index in [9.17, 15) is 13.2 Å². The third kappa shape index (κ3) is 4.07. The van der Waals surface area contributed by atoms with Crippen molar-refractivity contribution in [3.63, 3.8) is 0 Å². The Balaban J connectivity index is 1.42. The van der Waals surface area contributed by atoms with Crippen LogP contribution in [0.25, 0.3) is 10.9 Å². The normalized spacial score (nSPS) is 16.0. The molecule has 0 N–H and O–H groups in total. The van der Waals surface area contributed by atoms with Gasteiger partial charge in [0.1, 0.15) is 11.3 Å². The van der Waals surface area contributed by atoms with E-state index >= 15 is 0 Å². The second-order valence-electron chi connectivity index (χ2n) is 6.98. The van der Waals surface area contributed by atoms with Crippen LogP contribution in [-0.4, -0.2) is 65.4 Å². The van der Waals surface area contributed by atoms with E-state index in [-0.39, 0.29) is 17.1 Å². The Bertz CT molecular complexity index is 1190. The summed E-state index contributed by atoms with van der Waals surface area (Å²) in [6, 6.07) is 13.5. The van der Waals surface area contributed by atoms with Gasteiger partial charge in [-0.05, 0) is 43.3 Å². The highest BCUT2D eigenvalue weighted by molar-refractivity contribution is 7.89. The van der Waals surface area contributed by atoms with E-state index in [0.717, 1.165) is 0 Å². The minimum absolute atomic E-state index is 0.204. The summed E-state index contributed by atoms with van der Waals surface area (Å²) >= 11 is 0. The molecule has 1 aliphatic heterocycles. The van der Waals surface area contributed by atoms with Crippen molar-refractivity contribution in [3.05, 3.63) is 58.9 Å². The van der Waals surface area contributed by atoms with E-state index < -0.39 is 10.0 Å². The van der Waals surface area contributed by atoms with E-state index in [1.54, 1.807) is 42.5 Å². The first-order chi connectivity index (χ1) is 14.5. The predicted molar refractivity (Wildman–Crippen MR) is 112 cm³/mol. The van der Waals surface area contributed by atoms with Gasteiger partial charge in [-0.15, -0.1) is 5.10 Å². The van der Waals surface area contributed by atoms with E-state index in [4.69, 9.17) is 4.74 Å². The first-order valence-electron chi connectivity index (χ1n) is 9.77. The summed E-state index contributed by atoms with van der Waals surface area (Å²) in [5, 5.41) is 8.62. The summed E-state index contributed by atoms with van der Waals surface area (Å²) in [5.74, 6) is 0.642. The molecule has 0 atom stereocenters. The minimum atomic E-state index is -3.57. The van der Waals surface area contributed by atoms with Gasteiger partial charge in [0.05, 0.1) is 23.6 Å². The lowest BCUT2D eigenvalue weighted by Crippen LogP contribution is -2.49. The average molecular weight is 430 g/mol. The van der Waals surface area contributed by atoms with Gasteiger partial charge < -0.3 is 4.74 Å². The Hall–Kier alpha value is -2.82. The van der Waals surface area contributed by atoms with Crippen LogP contribution < -0.4 is 10.3 Å². The van der Waals surface area contributed by atoms with E-state index in [2.05, 4.69) is 10.3 Å². The van der Waals surface area contributed by atoms with Crippen LogP contribution in [-0.2, 0) is 16.7 Å². The molecule has 1 fully saturated rings. The van der Waals surface area contributed by atoms with Crippen LogP contribution in [0.5, 0.6) is 5.75 Å². The minimum Gasteiger partial charge on any atom is -0.494 e. The summed E-state index contributed by atoms with van der Waals surface area (Å²) in [4.78, 5) is 14.8. The number of hydrogen-bond donors (Lipinski definition) is 0. The van der Waals surface area contributed by atoms with Gasteiger partial charge in [0.15, 0.2) is 0 Å². The number of hydrogen-bond acceptors (Lipinski definition) is 7. The molecule has 158 valence electrons. The van der Waals surface area contributed by atoms with Gasteiger partial charge in [-0.1, -0.05) is 17.3 Å². The van der Waals surface area contributed by atoms with Crippen molar-refractivity contribution in [1.29, 1.82) is 0 Å². The Morgan fingerprint density at radius 3 is 2.40 bits per heavy atom. The SMILES string of the molecule is CCOc1ccc(S(=O)(=O)N2CCN(Cn3nnc4ccccc4c3=O)CC2)cc1. The third-order valence-corrected chi connectivity index (χ3v) is 6.98. The van der Waals surface area contributed by atoms with Crippen molar-refractivity contribution in [2.75, 3.05) is 32.8 Å². The molecular weight excluding hydrogens is 406 g/mol. The van der Waals surface area contributed by atoms with Crippen molar-refractivity contribution < 1.29 is 13.2 Å². The van der Waals surface area contributed by atoms with Crippen molar-refractivity contribution in [2.24, 2.45) is 0 Å². The standard InChI is InChI=1S/C20H23N5O4S/c1-2-29-16-7-9-17(10-8-16)30(27,28)24-13-11-23(12-14-24)15-25-20(26)18-5-3-4-6-19(18)21-22-25/h3-10H,2,11-15H2,1H3. The summed E-state index contributed by atoms with van der Waals surface area (Å²) in [5.41, 5.74) is 0.357. The fourth-order valence-corrected chi connectivity index (χ4v) is 4.86. The van der Waals surface area contributed by atoms with Crippen LogP contribution in [0, 0.1) is 0 Å². The molecule has 2 heterocycles. The topological polar surface area (TPSA) is 97.6 Å². The van der Waals surface area contributed by atoms with Crippen LogP contribution in [0.3, 0.4) is 0 Å². The Morgan fingerprint density at radius 1 is 1.00 bits per heavy atom. The van der Waals surface area contributed by atoms with Crippen LogP contribution in [0.2, 0.25) is 0 Å². The molecular formula is C20H23N5O4S. The second-order valence-corrected chi connectivity index (χ2v) is 8.92. The number of ether oxygens (including phenoxy) is 1. The zero-order valence-corrected chi connectivity index (χ0v) is 17.5. The van der Waals surface area contributed by atoms with Gasteiger partial charge in [-0.2, -0.15) is 8.99 Å². The van der Waals surface area contributed by atoms with Gasteiger partial charge in [0.2, 0.25) is 10.0 Å². The number of piperazine rings is 1. The third-order valence-electron chi connectivity index (χ3n) is 5.07. The molecule has 0 bridgehead atoms. The number of benzene rings is 2. The van der Waals surface area contributed by atoms with Gasteiger partial charge in [0, 0.05) is 26.2 Å². The molecule has 1 aliphatic rings. The highest BCUT2D eigenvalue weighted by atomic mass is 32.2. The molecule has 0 spiro atoms. The zero-order valence-electron chi connectivity index (χ0n) is 16.6. The first kappa shape index (κ1) is 20.5. The molecule has 2 aromatic carbocycles. The molecule has 0 saturated carbocycles. The van der Waals surface area contributed by atoms with Crippen molar-refractivity contribution in [2.45, 2.75) is 18.5 Å². The highest BCUT2D eigenvalue weighted by Crippen LogP contribution is 2.21. The van der Waals surface area contributed by atoms with Crippen LogP contribution in [0.1, 0.15) is 6.92 Å². The van der Waals surface area contributed by atoms with E-state index in [1.807, 2.05) is 17.9 Å². The van der Waals surface area contributed by atoms with Gasteiger partial charge >= 0.3 is 0 Å². The number of fused-ring (bicyclic) bond motifs is 1. The zero-order chi connectivity index (χ0) is 21.1. The second kappa shape index (κ2) is 8.50. The maximum atomic E-state index is 12.9. The van der Waals surface area contributed by atoms with Crippen molar-refractivity contribution in [1.82, 2.24) is 24.2 Å². The van der Waals surface area contributed by atoms with Crippen LogP contribution in [0.4, 0.5) is 0 Å². The average Bonchev–Trinajstić information content (AvgIpc) is 2.77. The smallest absolute Gasteiger partial charge is 0.278 e. The summed E-state index contributed by atoms with van der Waals surface area (Å²) in [6.07, 6.45) is 0. The number of aromatic nitrogens is 3. The lowest BCUT2D eigenvalue weighted by molar-refractivity contribution is 0.141. The summed E-state index contributed by atoms with van der Waals surface area (Å²) in [6.45, 7) is 4.35. The first-order valence-corrected chi connectivity index (χ1v) is 11.2. The fraction of sp³-hybridized carbons (Fsp3) is 0.350. The lowest BCUT2D eigenvalue weighted by Gasteiger charge is -2.33. The molecule has 10 heteroatoms. The quantitative estimate of drug-likeness (QED) is 0.580. The Morgan fingerprint density at radius 2 is 1.70 bits per heavy atom. The molecule has 9 nitrogen and oxygen atoms in total. The van der Waals surface area contributed by atoms with Gasteiger partial charge in [-0.25, -0.2) is 8.42 Å². The molecule has 0 aliphatic carbocycles. The summed E-state index contributed by atoms with van der Waals surface area (Å²) in [7, 11) is -3.57. The van der Waals surface area contributed by atoms with Crippen molar-refractivity contribution >= 4 is 20.9 Å². The van der Waals surface area contributed by atoms with Crippen LogP contribution >= 0.6 is 0 Å². The molecule has 0 unspecified atom stereocenters. The number of nitrogens with zero attached hydrogens (tertiary/aromatic N) is 5. The molecule has 0 radical (unpaired) electrons. The molecule has 1 aromatic heterocycles. The Kier molecular flexibility index (Phi) is 5.80. The Labute approximate surface area is 174 Å². The van der Waals surface area contributed by atoms with E-state index in [1.165, 1.54) is 8.99 Å². The highest BCUT2D eigenvalue weighted by Gasteiger charge is 2.28. The van der Waals surface area contributed by atoms with E-state index in [0.29, 0.717) is 49.4 Å². The molecule has 1 saturated heterocycles. The fourth-order valence-electron chi connectivity index (χ4n) is 3.44. The van der Waals surface area contributed by atoms with Crippen LogP contribution in [0.15, 0.2) is 58.2 Å². The van der Waals surface area contributed by atoms with Gasteiger partial charge in [0.25, 0.3) is 5.56 Å². The number of sulfonamides is 1. The molecule has 3 aromatic rings. The molecule has 4 rings (SSSR count). The molecule has 30 heavy (non-hydrogen) atoms. The molecule has 0 amide bonds. The number of rotatable bonds is 6. The maximum Gasteiger partial charge on any atom is 0.278 e.